The summed E-state index contributed by atoms with van der Waals surface area (Å²) in [5.74, 6) is -4.71. The van der Waals surface area contributed by atoms with Crippen LogP contribution in [0.2, 0.25) is 0 Å². The molecule has 194 valence electrons. The quantitative estimate of drug-likeness (QED) is 0.403. The Balaban J connectivity index is 0.000000405. The average molecular weight is 515 g/mol. The highest BCUT2D eigenvalue weighted by Gasteiger charge is 2.47. The number of amides is 1. The van der Waals surface area contributed by atoms with Gasteiger partial charge in [0.15, 0.2) is 6.10 Å². The van der Waals surface area contributed by atoms with E-state index in [2.05, 4.69) is 15.2 Å². The maximum Gasteiger partial charge on any atom is 0.340 e. The number of carboxylic acid groups (broad SMARTS) is 1. The molecule has 2 N–H and O–H groups in total. The number of hydrogen-bond acceptors (Lipinski definition) is 5. The summed E-state index contributed by atoms with van der Waals surface area (Å²) in [5, 5.41) is 16.3. The van der Waals surface area contributed by atoms with Crippen molar-refractivity contribution in [3.63, 3.8) is 0 Å². The fraction of sp³-hybridized carbons (Fsp3) is 0.308. The van der Waals surface area contributed by atoms with Crippen LogP contribution in [0.15, 0.2) is 60.8 Å². The van der Waals surface area contributed by atoms with Crippen molar-refractivity contribution in [1.82, 2.24) is 20.1 Å². The van der Waals surface area contributed by atoms with Gasteiger partial charge in [0, 0.05) is 29.8 Å². The molecule has 0 aliphatic carbocycles. The molecule has 1 unspecified atom stereocenters. The van der Waals surface area contributed by atoms with Crippen LogP contribution in [0, 0.1) is 0 Å². The second-order valence-electron chi connectivity index (χ2n) is 9.13. The second kappa shape index (κ2) is 10.1. The van der Waals surface area contributed by atoms with Gasteiger partial charge < -0.3 is 14.7 Å². The van der Waals surface area contributed by atoms with Crippen molar-refractivity contribution in [2.24, 2.45) is 0 Å². The van der Waals surface area contributed by atoms with Gasteiger partial charge in [-0.25, -0.2) is 22.9 Å². The molecule has 1 atom stereocenters. The largest absolute Gasteiger partial charge is 0.479 e. The number of benzene rings is 2. The number of hydrogen-bond donors (Lipinski definition) is 2. The monoisotopic (exact) mass is 514 g/mol. The van der Waals surface area contributed by atoms with Crippen molar-refractivity contribution in [2.75, 3.05) is 13.1 Å². The van der Waals surface area contributed by atoms with Crippen LogP contribution in [-0.2, 0) is 4.79 Å². The van der Waals surface area contributed by atoms with Gasteiger partial charge in [-0.3, -0.25) is 9.89 Å². The number of rotatable bonds is 4. The zero-order valence-corrected chi connectivity index (χ0v) is 20.1. The number of nitrogens with zero attached hydrogens (tertiary/aromatic N) is 3. The number of carbonyl (C=O) groups excluding carboxylic acids is 1. The summed E-state index contributed by atoms with van der Waals surface area (Å²) in [4.78, 5) is 28.4. The predicted octanol–water partition coefficient (Wildman–Crippen LogP) is 4.86. The number of piperidine rings is 1. The van der Waals surface area contributed by atoms with E-state index in [-0.39, 0.29) is 24.9 Å². The Morgan fingerprint density at radius 3 is 2.54 bits per heavy atom. The molecule has 1 saturated heterocycles. The van der Waals surface area contributed by atoms with Crippen molar-refractivity contribution in [3.8, 4) is 5.88 Å². The molecule has 8 nitrogen and oxygen atoms in total. The number of H-pyrrole nitrogens is 1. The van der Waals surface area contributed by atoms with E-state index in [9.17, 15) is 22.8 Å². The maximum absolute atomic E-state index is 14.6. The Hall–Kier alpha value is -4.15. The number of para-hydroxylation sites is 2. The summed E-state index contributed by atoms with van der Waals surface area (Å²) in [5.41, 5.74) is -0.431. The first-order valence-corrected chi connectivity index (χ1v) is 11.5. The first kappa shape index (κ1) is 25.9. The molecule has 0 radical (unpaired) electrons. The number of aromatic nitrogens is 3. The Morgan fingerprint density at radius 1 is 1.11 bits per heavy atom. The van der Waals surface area contributed by atoms with Gasteiger partial charge in [0.1, 0.15) is 0 Å². The number of nitrogens with one attached hydrogen (secondary N) is 1. The SMILES string of the molecule is CC(C)(F)C(=O)O.O=C(c1cccc2cn[nH]c12)N1CCC(F)(F)C(Oc2ccc3ccccc3n2)C1. The normalized spacial score (nSPS) is 17.2. The van der Waals surface area contributed by atoms with Crippen LogP contribution >= 0.6 is 0 Å². The highest BCUT2D eigenvalue weighted by Crippen LogP contribution is 2.33. The van der Waals surface area contributed by atoms with Crippen LogP contribution in [0.3, 0.4) is 0 Å². The highest BCUT2D eigenvalue weighted by molar-refractivity contribution is 6.05. The molecular formula is C26H25F3N4O4. The molecule has 0 saturated carbocycles. The van der Waals surface area contributed by atoms with E-state index in [1.54, 1.807) is 36.5 Å². The Bertz CT molecular complexity index is 1430. The number of carboxylic acids is 1. The van der Waals surface area contributed by atoms with Crippen LogP contribution in [0.5, 0.6) is 5.88 Å². The fourth-order valence-electron chi connectivity index (χ4n) is 3.75. The van der Waals surface area contributed by atoms with Gasteiger partial charge in [0.05, 0.1) is 29.3 Å². The van der Waals surface area contributed by atoms with Gasteiger partial charge in [-0.1, -0.05) is 30.3 Å². The lowest BCUT2D eigenvalue weighted by Gasteiger charge is -2.38. The third-order valence-electron chi connectivity index (χ3n) is 5.91. The highest BCUT2D eigenvalue weighted by atomic mass is 19.3. The number of alkyl halides is 3. The van der Waals surface area contributed by atoms with Crippen molar-refractivity contribution >= 4 is 33.7 Å². The molecule has 3 heterocycles. The molecule has 5 rings (SSSR count). The first-order valence-electron chi connectivity index (χ1n) is 11.5. The number of halogens is 3. The predicted molar refractivity (Wildman–Crippen MR) is 131 cm³/mol. The molecule has 0 spiro atoms. The number of fused-ring (bicyclic) bond motifs is 2. The molecule has 0 bridgehead atoms. The van der Waals surface area contributed by atoms with Gasteiger partial charge in [-0.05, 0) is 32.0 Å². The van der Waals surface area contributed by atoms with Crippen LogP contribution < -0.4 is 4.74 Å². The lowest BCUT2D eigenvalue weighted by Crippen LogP contribution is -2.55. The minimum Gasteiger partial charge on any atom is -0.479 e. The Kier molecular flexibility index (Phi) is 7.06. The smallest absolute Gasteiger partial charge is 0.340 e. The standard InChI is InChI=1S/C22H18F2N4O2.C4H7FO2/c23-22(24)10-11-28(21(29)16-6-3-5-15-12-25-27-20(15)16)13-18(22)30-19-9-8-14-4-1-2-7-17(14)26-19;1-4(2,5)3(6)7/h1-9,12,18H,10-11,13H2,(H,25,27);1-2H3,(H,6,7). The zero-order valence-electron chi connectivity index (χ0n) is 20.1. The third-order valence-corrected chi connectivity index (χ3v) is 5.91. The Morgan fingerprint density at radius 2 is 1.81 bits per heavy atom. The van der Waals surface area contributed by atoms with Gasteiger partial charge in [-0.2, -0.15) is 5.10 Å². The number of pyridine rings is 1. The minimum atomic E-state index is -3.07. The number of likely N-dealkylation sites (tertiary alicyclic amines) is 1. The van der Waals surface area contributed by atoms with Crippen LogP contribution in [0.4, 0.5) is 13.2 Å². The number of carbonyl (C=O) groups is 2. The van der Waals surface area contributed by atoms with E-state index in [1.807, 2.05) is 24.3 Å². The van der Waals surface area contributed by atoms with Crippen molar-refractivity contribution in [2.45, 2.75) is 38.0 Å². The molecule has 4 aromatic rings. The lowest BCUT2D eigenvalue weighted by atomic mass is 10.0. The second-order valence-corrected chi connectivity index (χ2v) is 9.13. The van der Waals surface area contributed by atoms with Gasteiger partial charge in [-0.15, -0.1) is 0 Å². The molecule has 2 aromatic heterocycles. The Labute approximate surface area is 210 Å². The van der Waals surface area contributed by atoms with Gasteiger partial charge >= 0.3 is 5.97 Å². The number of aromatic amines is 1. The van der Waals surface area contributed by atoms with Crippen molar-refractivity contribution < 1.29 is 32.6 Å². The average Bonchev–Trinajstić information content (AvgIpc) is 3.34. The summed E-state index contributed by atoms with van der Waals surface area (Å²) in [6.45, 7) is 1.71. The number of aliphatic carboxylic acids is 1. The summed E-state index contributed by atoms with van der Waals surface area (Å²) in [6, 6.07) is 16.0. The molecule has 2 aromatic carbocycles. The molecule has 1 fully saturated rings. The lowest BCUT2D eigenvalue weighted by molar-refractivity contribution is -0.148. The van der Waals surface area contributed by atoms with E-state index in [4.69, 9.17) is 9.84 Å². The third kappa shape index (κ3) is 5.82. The van der Waals surface area contributed by atoms with E-state index in [0.717, 1.165) is 24.6 Å². The van der Waals surface area contributed by atoms with E-state index >= 15 is 0 Å². The molecular weight excluding hydrogens is 489 g/mol. The van der Waals surface area contributed by atoms with Crippen molar-refractivity contribution in [1.29, 1.82) is 0 Å². The van der Waals surface area contributed by atoms with Gasteiger partial charge in [0.25, 0.3) is 11.8 Å². The van der Waals surface area contributed by atoms with Gasteiger partial charge in [0.2, 0.25) is 11.5 Å². The first-order chi connectivity index (χ1) is 17.5. The van der Waals surface area contributed by atoms with Crippen LogP contribution in [0.25, 0.3) is 21.8 Å². The molecule has 37 heavy (non-hydrogen) atoms. The fourth-order valence-corrected chi connectivity index (χ4v) is 3.75. The zero-order chi connectivity index (χ0) is 26.8. The summed E-state index contributed by atoms with van der Waals surface area (Å²) < 4.78 is 46.7. The molecule has 11 heteroatoms. The topological polar surface area (TPSA) is 108 Å². The van der Waals surface area contributed by atoms with Crippen molar-refractivity contribution in [3.05, 3.63) is 66.4 Å². The molecule has 1 amide bonds. The molecule has 1 aliphatic rings. The van der Waals surface area contributed by atoms with E-state index in [1.165, 1.54) is 4.90 Å². The van der Waals surface area contributed by atoms with E-state index in [0.29, 0.717) is 16.6 Å². The summed E-state index contributed by atoms with van der Waals surface area (Å²) in [6.07, 6.45) is -0.339. The summed E-state index contributed by atoms with van der Waals surface area (Å²) in [7, 11) is 0. The molecule has 1 aliphatic heterocycles. The summed E-state index contributed by atoms with van der Waals surface area (Å²) >= 11 is 0. The van der Waals surface area contributed by atoms with Crippen LogP contribution in [0.1, 0.15) is 30.6 Å². The van der Waals surface area contributed by atoms with E-state index < -0.39 is 30.1 Å². The maximum atomic E-state index is 14.6. The number of ether oxygens (including phenoxy) is 1. The minimum absolute atomic E-state index is 0.0542. The van der Waals surface area contributed by atoms with Crippen LogP contribution in [-0.4, -0.2) is 67.8 Å².